The molecule has 0 spiro atoms. The van der Waals surface area contributed by atoms with Gasteiger partial charge in [0, 0.05) is 25.8 Å². The normalized spacial score (nSPS) is 12.2. The SMILES string of the molecule is C=CCCC(NC)c1cccc(N(C)C)c1. The van der Waals surface area contributed by atoms with Crippen molar-refractivity contribution in [3.05, 3.63) is 42.5 Å². The van der Waals surface area contributed by atoms with Gasteiger partial charge in [-0.3, -0.25) is 0 Å². The number of allylic oxidation sites excluding steroid dienone is 1. The molecule has 0 aliphatic rings. The summed E-state index contributed by atoms with van der Waals surface area (Å²) in [4.78, 5) is 2.13. The number of nitrogens with one attached hydrogen (secondary N) is 1. The zero-order valence-corrected chi connectivity index (χ0v) is 10.5. The van der Waals surface area contributed by atoms with E-state index in [0.29, 0.717) is 6.04 Å². The van der Waals surface area contributed by atoms with Crippen molar-refractivity contribution in [2.45, 2.75) is 18.9 Å². The standard InChI is InChI=1S/C14H22N2/c1-5-6-10-14(15-2)12-8-7-9-13(11-12)16(3)4/h5,7-9,11,14-15H,1,6,10H2,2-4H3. The topological polar surface area (TPSA) is 15.3 Å². The van der Waals surface area contributed by atoms with Crippen LogP contribution in [0.5, 0.6) is 0 Å². The Morgan fingerprint density at radius 1 is 1.44 bits per heavy atom. The highest BCUT2D eigenvalue weighted by Gasteiger charge is 2.08. The third-order valence-electron chi connectivity index (χ3n) is 2.80. The van der Waals surface area contributed by atoms with Gasteiger partial charge in [0.1, 0.15) is 0 Å². The zero-order chi connectivity index (χ0) is 12.0. The molecule has 0 aromatic heterocycles. The molecule has 2 nitrogen and oxygen atoms in total. The van der Waals surface area contributed by atoms with Crippen molar-refractivity contribution in [2.75, 3.05) is 26.0 Å². The highest BCUT2D eigenvalue weighted by molar-refractivity contribution is 5.47. The van der Waals surface area contributed by atoms with E-state index in [1.54, 1.807) is 0 Å². The molecule has 0 heterocycles. The molecule has 1 N–H and O–H groups in total. The Bertz CT molecular complexity index is 331. The van der Waals surface area contributed by atoms with Gasteiger partial charge in [0.2, 0.25) is 0 Å². The van der Waals surface area contributed by atoms with Gasteiger partial charge in [-0.2, -0.15) is 0 Å². The van der Waals surface area contributed by atoms with Crippen LogP contribution in [0.2, 0.25) is 0 Å². The minimum Gasteiger partial charge on any atom is -0.378 e. The van der Waals surface area contributed by atoms with Gasteiger partial charge in [-0.25, -0.2) is 0 Å². The first-order valence-electron chi connectivity index (χ1n) is 5.74. The van der Waals surface area contributed by atoms with Crippen molar-refractivity contribution in [1.29, 1.82) is 0 Å². The zero-order valence-electron chi connectivity index (χ0n) is 10.5. The maximum absolute atomic E-state index is 3.77. The lowest BCUT2D eigenvalue weighted by Crippen LogP contribution is -2.17. The average molecular weight is 218 g/mol. The molecule has 2 heteroatoms. The Labute approximate surface area is 99.0 Å². The van der Waals surface area contributed by atoms with E-state index in [-0.39, 0.29) is 0 Å². The van der Waals surface area contributed by atoms with Gasteiger partial charge in [-0.1, -0.05) is 18.2 Å². The maximum atomic E-state index is 3.77. The minimum absolute atomic E-state index is 0.415. The fourth-order valence-corrected chi connectivity index (χ4v) is 1.78. The number of rotatable bonds is 6. The molecular formula is C14H22N2. The molecule has 1 aromatic carbocycles. The number of hydrogen-bond acceptors (Lipinski definition) is 2. The molecule has 88 valence electrons. The molecule has 16 heavy (non-hydrogen) atoms. The third kappa shape index (κ3) is 3.38. The molecule has 0 fully saturated rings. The second-order valence-corrected chi connectivity index (χ2v) is 4.20. The van der Waals surface area contributed by atoms with Gasteiger partial charge in [-0.05, 0) is 37.6 Å². The second-order valence-electron chi connectivity index (χ2n) is 4.20. The monoisotopic (exact) mass is 218 g/mol. The summed E-state index contributed by atoms with van der Waals surface area (Å²) in [5, 5.41) is 3.35. The fraction of sp³-hybridized carbons (Fsp3) is 0.429. The molecule has 0 saturated heterocycles. The van der Waals surface area contributed by atoms with Crippen LogP contribution in [-0.2, 0) is 0 Å². The van der Waals surface area contributed by atoms with Crippen LogP contribution in [0.3, 0.4) is 0 Å². The molecule has 0 bridgehead atoms. The fourth-order valence-electron chi connectivity index (χ4n) is 1.78. The first kappa shape index (κ1) is 12.8. The Hall–Kier alpha value is -1.28. The molecular weight excluding hydrogens is 196 g/mol. The first-order valence-corrected chi connectivity index (χ1v) is 5.74. The van der Waals surface area contributed by atoms with E-state index < -0.39 is 0 Å². The summed E-state index contributed by atoms with van der Waals surface area (Å²) in [6, 6.07) is 9.08. The van der Waals surface area contributed by atoms with Crippen LogP contribution in [0.15, 0.2) is 36.9 Å². The van der Waals surface area contributed by atoms with Crippen LogP contribution < -0.4 is 10.2 Å². The van der Waals surface area contributed by atoms with E-state index >= 15 is 0 Å². The maximum Gasteiger partial charge on any atom is 0.0364 e. The van der Waals surface area contributed by atoms with E-state index in [4.69, 9.17) is 0 Å². The van der Waals surface area contributed by atoms with Crippen LogP contribution in [0, 0.1) is 0 Å². The lowest BCUT2D eigenvalue weighted by molar-refractivity contribution is 0.555. The second kappa shape index (κ2) is 6.33. The van der Waals surface area contributed by atoms with E-state index in [9.17, 15) is 0 Å². The smallest absolute Gasteiger partial charge is 0.0364 e. The van der Waals surface area contributed by atoms with Gasteiger partial charge >= 0.3 is 0 Å². The van der Waals surface area contributed by atoms with E-state index in [1.165, 1.54) is 11.3 Å². The van der Waals surface area contributed by atoms with Gasteiger partial charge in [0.15, 0.2) is 0 Å². The van der Waals surface area contributed by atoms with Crippen molar-refractivity contribution in [2.24, 2.45) is 0 Å². The summed E-state index contributed by atoms with van der Waals surface area (Å²) in [6.07, 6.45) is 4.11. The lowest BCUT2D eigenvalue weighted by atomic mass is 10.0. The lowest BCUT2D eigenvalue weighted by Gasteiger charge is -2.19. The van der Waals surface area contributed by atoms with Crippen molar-refractivity contribution >= 4 is 5.69 Å². The van der Waals surface area contributed by atoms with Crippen LogP contribution in [-0.4, -0.2) is 21.1 Å². The summed E-state index contributed by atoms with van der Waals surface area (Å²) in [6.45, 7) is 3.77. The Kier molecular flexibility index (Phi) is 5.06. The number of nitrogens with zero attached hydrogens (tertiary/aromatic N) is 1. The quantitative estimate of drug-likeness (QED) is 0.738. The molecule has 1 rings (SSSR count). The molecule has 1 atom stereocenters. The predicted octanol–water partition coefficient (Wildman–Crippen LogP) is 2.98. The number of benzene rings is 1. The Morgan fingerprint density at radius 2 is 2.19 bits per heavy atom. The molecule has 0 radical (unpaired) electrons. The average Bonchev–Trinajstić information content (AvgIpc) is 2.30. The number of anilines is 1. The van der Waals surface area contributed by atoms with Crippen LogP contribution in [0.1, 0.15) is 24.4 Å². The van der Waals surface area contributed by atoms with Crippen LogP contribution in [0.4, 0.5) is 5.69 Å². The highest BCUT2D eigenvalue weighted by Crippen LogP contribution is 2.22. The third-order valence-corrected chi connectivity index (χ3v) is 2.80. The van der Waals surface area contributed by atoms with Crippen molar-refractivity contribution in [3.8, 4) is 0 Å². The molecule has 0 amide bonds. The molecule has 0 aliphatic carbocycles. The van der Waals surface area contributed by atoms with Gasteiger partial charge in [0.25, 0.3) is 0 Å². The number of hydrogen-bond donors (Lipinski definition) is 1. The summed E-state index contributed by atoms with van der Waals surface area (Å²) in [7, 11) is 6.14. The van der Waals surface area contributed by atoms with Gasteiger partial charge in [-0.15, -0.1) is 6.58 Å². The summed E-state index contributed by atoms with van der Waals surface area (Å²) >= 11 is 0. The Morgan fingerprint density at radius 3 is 2.75 bits per heavy atom. The first-order chi connectivity index (χ1) is 7.69. The van der Waals surface area contributed by atoms with Gasteiger partial charge in [0.05, 0.1) is 0 Å². The van der Waals surface area contributed by atoms with E-state index in [0.717, 1.165) is 12.8 Å². The van der Waals surface area contributed by atoms with Crippen LogP contribution in [0.25, 0.3) is 0 Å². The molecule has 1 unspecified atom stereocenters. The highest BCUT2D eigenvalue weighted by atomic mass is 15.1. The summed E-state index contributed by atoms with van der Waals surface area (Å²) in [5.74, 6) is 0. The summed E-state index contributed by atoms with van der Waals surface area (Å²) < 4.78 is 0. The van der Waals surface area contributed by atoms with Crippen molar-refractivity contribution < 1.29 is 0 Å². The Balaban J connectivity index is 2.83. The van der Waals surface area contributed by atoms with Crippen LogP contribution >= 0.6 is 0 Å². The van der Waals surface area contributed by atoms with Crippen molar-refractivity contribution in [3.63, 3.8) is 0 Å². The minimum atomic E-state index is 0.415. The van der Waals surface area contributed by atoms with Crippen molar-refractivity contribution in [1.82, 2.24) is 5.32 Å². The molecule has 0 aliphatic heterocycles. The molecule has 1 aromatic rings. The predicted molar refractivity (Wildman–Crippen MR) is 72.0 cm³/mol. The van der Waals surface area contributed by atoms with Gasteiger partial charge < -0.3 is 10.2 Å². The van der Waals surface area contributed by atoms with E-state index in [1.807, 2.05) is 13.1 Å². The summed E-state index contributed by atoms with van der Waals surface area (Å²) in [5.41, 5.74) is 2.59. The largest absolute Gasteiger partial charge is 0.378 e. The molecule has 0 saturated carbocycles. The van der Waals surface area contributed by atoms with E-state index in [2.05, 4.69) is 55.2 Å².